The van der Waals surface area contributed by atoms with Crippen molar-refractivity contribution in [3.05, 3.63) is 54.5 Å². The summed E-state index contributed by atoms with van der Waals surface area (Å²) in [5, 5.41) is 0. The Morgan fingerprint density at radius 1 is 1.12 bits per heavy atom. The van der Waals surface area contributed by atoms with E-state index in [-0.39, 0.29) is 5.60 Å². The van der Waals surface area contributed by atoms with Crippen LogP contribution in [0.15, 0.2) is 48.8 Å². The zero-order chi connectivity index (χ0) is 16.6. The van der Waals surface area contributed by atoms with Crippen LogP contribution in [0.3, 0.4) is 0 Å². The molecule has 1 saturated heterocycles. The number of nitrogens with zero attached hydrogens (tertiary/aromatic N) is 2. The molecule has 1 fully saturated rings. The second-order valence-electron chi connectivity index (χ2n) is 7.65. The van der Waals surface area contributed by atoms with Crippen LogP contribution in [-0.4, -0.2) is 21.8 Å². The molecule has 1 aliphatic heterocycles. The van der Waals surface area contributed by atoms with Crippen molar-refractivity contribution >= 4 is 0 Å². The van der Waals surface area contributed by atoms with Crippen LogP contribution in [0.5, 0.6) is 0 Å². The summed E-state index contributed by atoms with van der Waals surface area (Å²) in [7, 11) is 0. The molecule has 1 aromatic heterocycles. The van der Waals surface area contributed by atoms with Gasteiger partial charge in [0.2, 0.25) is 0 Å². The lowest BCUT2D eigenvalue weighted by Crippen LogP contribution is -2.34. The maximum absolute atomic E-state index is 5.96. The van der Waals surface area contributed by atoms with Crippen LogP contribution in [0.25, 0.3) is 11.3 Å². The number of imidazole rings is 1. The third-order valence-corrected chi connectivity index (χ3v) is 5.34. The number of ether oxygens (including phenoxy) is 1. The molecule has 1 unspecified atom stereocenters. The van der Waals surface area contributed by atoms with Gasteiger partial charge in [-0.1, -0.05) is 42.5 Å². The number of benzene rings is 1. The Kier molecular flexibility index (Phi) is 4.05. The van der Waals surface area contributed by atoms with Gasteiger partial charge in [-0.05, 0) is 39.5 Å². The normalized spacial score (nSPS) is 23.7. The molecule has 3 heteroatoms. The molecule has 2 heterocycles. The predicted molar refractivity (Wildman–Crippen MR) is 97.1 cm³/mol. The zero-order valence-electron chi connectivity index (χ0n) is 14.6. The minimum absolute atomic E-state index is 0.0557. The molecule has 24 heavy (non-hydrogen) atoms. The van der Waals surface area contributed by atoms with Crippen LogP contribution in [0.4, 0.5) is 0 Å². The van der Waals surface area contributed by atoms with Crippen molar-refractivity contribution in [1.82, 2.24) is 9.55 Å². The van der Waals surface area contributed by atoms with Gasteiger partial charge in [-0.2, -0.15) is 0 Å². The monoisotopic (exact) mass is 322 g/mol. The molecule has 1 atom stereocenters. The lowest BCUT2D eigenvalue weighted by Gasteiger charge is -2.36. The highest BCUT2D eigenvalue weighted by molar-refractivity contribution is 5.62. The number of aromatic nitrogens is 2. The fraction of sp³-hybridized carbons (Fsp3) is 0.476. The fourth-order valence-electron chi connectivity index (χ4n) is 4.18. The molecule has 0 spiro atoms. The van der Waals surface area contributed by atoms with Gasteiger partial charge in [-0.25, -0.2) is 4.98 Å². The SMILES string of the molecule is CC1(C)CC(c2c(-c3ccccc3)ncn2C2CC=CC2)CCO1. The molecule has 4 rings (SSSR count). The van der Waals surface area contributed by atoms with Crippen LogP contribution in [0, 0.1) is 0 Å². The molecule has 0 radical (unpaired) electrons. The van der Waals surface area contributed by atoms with E-state index in [1.807, 2.05) is 0 Å². The van der Waals surface area contributed by atoms with Crippen molar-refractivity contribution < 1.29 is 4.74 Å². The Balaban J connectivity index is 1.77. The van der Waals surface area contributed by atoms with E-state index in [2.05, 4.69) is 67.2 Å². The summed E-state index contributed by atoms with van der Waals surface area (Å²) in [6.07, 6.45) is 11.0. The molecule has 0 amide bonds. The molecule has 0 N–H and O–H groups in total. The summed E-state index contributed by atoms with van der Waals surface area (Å²) in [5.41, 5.74) is 3.73. The van der Waals surface area contributed by atoms with E-state index in [4.69, 9.17) is 9.72 Å². The lowest BCUT2D eigenvalue weighted by atomic mass is 9.84. The van der Waals surface area contributed by atoms with Gasteiger partial charge in [0.25, 0.3) is 0 Å². The van der Waals surface area contributed by atoms with E-state index in [0.717, 1.165) is 38.0 Å². The molecular weight excluding hydrogens is 296 g/mol. The highest BCUT2D eigenvalue weighted by atomic mass is 16.5. The summed E-state index contributed by atoms with van der Waals surface area (Å²) in [6.45, 7) is 5.25. The molecule has 0 bridgehead atoms. The van der Waals surface area contributed by atoms with Crippen LogP contribution in [0.1, 0.15) is 57.2 Å². The average Bonchev–Trinajstić information content (AvgIpc) is 3.24. The van der Waals surface area contributed by atoms with Gasteiger partial charge in [0, 0.05) is 29.8 Å². The van der Waals surface area contributed by atoms with Gasteiger partial charge in [0.05, 0.1) is 17.6 Å². The van der Waals surface area contributed by atoms with Crippen LogP contribution in [-0.2, 0) is 4.74 Å². The van der Waals surface area contributed by atoms with Gasteiger partial charge in [0.1, 0.15) is 0 Å². The molecule has 126 valence electrons. The highest BCUT2D eigenvalue weighted by Crippen LogP contribution is 2.41. The minimum atomic E-state index is -0.0557. The minimum Gasteiger partial charge on any atom is -0.376 e. The second-order valence-corrected chi connectivity index (χ2v) is 7.65. The smallest absolute Gasteiger partial charge is 0.0958 e. The first kappa shape index (κ1) is 15.6. The van der Waals surface area contributed by atoms with E-state index in [0.29, 0.717) is 12.0 Å². The second kappa shape index (κ2) is 6.21. The summed E-state index contributed by atoms with van der Waals surface area (Å²) in [5.74, 6) is 0.507. The summed E-state index contributed by atoms with van der Waals surface area (Å²) in [4.78, 5) is 4.85. The first-order chi connectivity index (χ1) is 11.6. The Morgan fingerprint density at radius 2 is 1.88 bits per heavy atom. The van der Waals surface area contributed by atoms with Gasteiger partial charge >= 0.3 is 0 Å². The summed E-state index contributed by atoms with van der Waals surface area (Å²) >= 11 is 0. The van der Waals surface area contributed by atoms with E-state index in [9.17, 15) is 0 Å². The Bertz CT molecular complexity index is 722. The molecule has 1 aliphatic carbocycles. The van der Waals surface area contributed by atoms with Crippen molar-refractivity contribution in [1.29, 1.82) is 0 Å². The quantitative estimate of drug-likeness (QED) is 0.734. The van der Waals surface area contributed by atoms with Gasteiger partial charge in [-0.3, -0.25) is 0 Å². The largest absolute Gasteiger partial charge is 0.376 e. The highest BCUT2D eigenvalue weighted by Gasteiger charge is 2.34. The Labute approximate surface area is 144 Å². The molecule has 0 saturated carbocycles. The topological polar surface area (TPSA) is 27.1 Å². The van der Waals surface area contributed by atoms with Crippen molar-refractivity contribution in [2.75, 3.05) is 6.61 Å². The lowest BCUT2D eigenvalue weighted by molar-refractivity contribution is -0.0601. The maximum atomic E-state index is 5.96. The number of hydrogen-bond acceptors (Lipinski definition) is 2. The van der Waals surface area contributed by atoms with Gasteiger partial charge in [0.15, 0.2) is 0 Å². The maximum Gasteiger partial charge on any atom is 0.0958 e. The van der Waals surface area contributed by atoms with Crippen molar-refractivity contribution in [3.8, 4) is 11.3 Å². The number of hydrogen-bond donors (Lipinski definition) is 0. The number of rotatable bonds is 3. The molecule has 2 aliphatic rings. The Morgan fingerprint density at radius 3 is 2.58 bits per heavy atom. The molecule has 1 aromatic carbocycles. The van der Waals surface area contributed by atoms with Crippen LogP contribution in [0.2, 0.25) is 0 Å². The first-order valence-electron chi connectivity index (χ1n) is 9.05. The third-order valence-electron chi connectivity index (χ3n) is 5.34. The van der Waals surface area contributed by atoms with Gasteiger partial charge < -0.3 is 9.30 Å². The van der Waals surface area contributed by atoms with Crippen LogP contribution < -0.4 is 0 Å². The molecular formula is C21H26N2O. The van der Waals surface area contributed by atoms with Crippen molar-refractivity contribution in [2.45, 2.75) is 57.1 Å². The van der Waals surface area contributed by atoms with Crippen LogP contribution >= 0.6 is 0 Å². The Hall–Kier alpha value is -1.87. The third kappa shape index (κ3) is 2.93. The van der Waals surface area contributed by atoms with E-state index in [1.165, 1.54) is 11.3 Å². The predicted octanol–water partition coefficient (Wildman–Crippen LogP) is 5.11. The first-order valence-corrected chi connectivity index (χ1v) is 9.05. The number of allylic oxidation sites excluding steroid dienone is 2. The average molecular weight is 322 g/mol. The van der Waals surface area contributed by atoms with E-state index in [1.54, 1.807) is 0 Å². The van der Waals surface area contributed by atoms with Crippen molar-refractivity contribution in [3.63, 3.8) is 0 Å². The zero-order valence-corrected chi connectivity index (χ0v) is 14.6. The summed E-state index contributed by atoms with van der Waals surface area (Å²) in [6, 6.07) is 11.1. The molecule has 2 aromatic rings. The van der Waals surface area contributed by atoms with Crippen molar-refractivity contribution in [2.24, 2.45) is 0 Å². The van der Waals surface area contributed by atoms with Gasteiger partial charge in [-0.15, -0.1) is 0 Å². The van der Waals surface area contributed by atoms with E-state index >= 15 is 0 Å². The summed E-state index contributed by atoms with van der Waals surface area (Å²) < 4.78 is 8.42. The van der Waals surface area contributed by atoms with E-state index < -0.39 is 0 Å². The standard InChI is InChI=1S/C21H26N2O/c1-21(2)14-17(12-13-24-21)20-19(16-8-4-3-5-9-16)22-15-23(20)18-10-6-7-11-18/h3-9,15,17-18H,10-14H2,1-2H3. The fourth-order valence-corrected chi connectivity index (χ4v) is 4.18. The molecule has 3 nitrogen and oxygen atoms in total.